The number of nitrogens with zero attached hydrogens (tertiary/aromatic N) is 2. The molecule has 10 heteroatoms. The van der Waals surface area contributed by atoms with Crippen molar-refractivity contribution in [2.24, 2.45) is 9.50 Å². The molecule has 168 valence electrons. The molecule has 3 N–H and O–H groups in total. The van der Waals surface area contributed by atoms with Crippen molar-refractivity contribution in [1.82, 2.24) is 4.98 Å². The standard InChI is InChI=1S/C20H28FN3O3S2.H2S/c1-11(2)14-7-13(21)8-15(12(3)4)16(14)9-18(25)24-29(22,27)19-23-10-17(28-19)20(5,6)26;/h7-8,10-12,26H,9H2,1-6H3,(H2,22,24,25,27);1H2. The van der Waals surface area contributed by atoms with Crippen LogP contribution >= 0.6 is 24.8 Å². The van der Waals surface area contributed by atoms with Crippen LogP contribution < -0.4 is 5.14 Å². The lowest BCUT2D eigenvalue weighted by Gasteiger charge is -2.19. The van der Waals surface area contributed by atoms with Crippen LogP contribution in [-0.2, 0) is 26.7 Å². The Balaban J connectivity index is 0.00000450. The molecule has 2 aromatic rings. The van der Waals surface area contributed by atoms with E-state index in [2.05, 4.69) is 9.35 Å². The number of hydrogen-bond acceptors (Lipinski definition) is 5. The van der Waals surface area contributed by atoms with E-state index < -0.39 is 21.4 Å². The zero-order chi connectivity index (χ0) is 22.1. The molecule has 2 rings (SSSR count). The Morgan fingerprint density at radius 3 is 2.17 bits per heavy atom. The molecule has 1 aromatic heterocycles. The molecule has 1 heterocycles. The van der Waals surface area contributed by atoms with Gasteiger partial charge >= 0.3 is 0 Å². The third kappa shape index (κ3) is 6.34. The first-order valence-electron chi connectivity index (χ1n) is 9.31. The van der Waals surface area contributed by atoms with Crippen LogP contribution in [0.5, 0.6) is 0 Å². The fourth-order valence-corrected chi connectivity index (χ4v) is 5.12. The average Bonchev–Trinajstić information content (AvgIpc) is 3.06. The molecule has 0 radical (unpaired) electrons. The number of hydrogen-bond donors (Lipinski definition) is 2. The number of amides is 1. The van der Waals surface area contributed by atoms with Gasteiger partial charge < -0.3 is 5.11 Å². The lowest BCUT2D eigenvalue weighted by Crippen LogP contribution is -2.17. The molecule has 0 aliphatic carbocycles. The van der Waals surface area contributed by atoms with Crippen LogP contribution in [0.3, 0.4) is 0 Å². The van der Waals surface area contributed by atoms with Gasteiger partial charge in [0, 0.05) is 6.20 Å². The van der Waals surface area contributed by atoms with Crippen molar-refractivity contribution < 1.29 is 18.5 Å². The van der Waals surface area contributed by atoms with E-state index in [-0.39, 0.29) is 41.9 Å². The molecule has 1 amide bonds. The first-order chi connectivity index (χ1) is 13.2. The molecule has 0 fully saturated rings. The van der Waals surface area contributed by atoms with Crippen LogP contribution in [0.1, 0.15) is 74.9 Å². The Bertz CT molecular complexity index is 1000. The maximum atomic E-state index is 14.1. The molecular weight excluding hydrogens is 445 g/mol. The summed E-state index contributed by atoms with van der Waals surface area (Å²) in [4.78, 5) is 17.1. The average molecular weight is 476 g/mol. The molecule has 6 nitrogen and oxygen atoms in total. The second kappa shape index (κ2) is 9.86. The molecule has 0 spiro atoms. The van der Waals surface area contributed by atoms with Crippen molar-refractivity contribution >= 4 is 40.7 Å². The van der Waals surface area contributed by atoms with Crippen LogP contribution in [0.15, 0.2) is 27.0 Å². The summed E-state index contributed by atoms with van der Waals surface area (Å²) in [7, 11) is -3.55. The molecular formula is C20H30FN3O3S3. The third-order valence-corrected chi connectivity index (χ3v) is 7.58. The second-order valence-corrected chi connectivity index (χ2v) is 11.1. The van der Waals surface area contributed by atoms with E-state index in [9.17, 15) is 18.5 Å². The minimum absolute atomic E-state index is 0. The first-order valence-corrected chi connectivity index (χ1v) is 11.7. The number of thiazole rings is 1. The highest BCUT2D eigenvalue weighted by Crippen LogP contribution is 2.31. The van der Waals surface area contributed by atoms with Gasteiger partial charge in [-0.3, -0.25) is 4.79 Å². The highest BCUT2D eigenvalue weighted by atomic mass is 32.2. The van der Waals surface area contributed by atoms with E-state index in [4.69, 9.17) is 5.14 Å². The van der Waals surface area contributed by atoms with Crippen LogP contribution in [-0.4, -0.2) is 20.2 Å². The normalized spacial score (nSPS) is 13.8. The zero-order valence-corrected chi connectivity index (χ0v) is 20.7. The smallest absolute Gasteiger partial charge is 0.259 e. The molecule has 0 saturated carbocycles. The Hall–Kier alpha value is -1.33. The topological polar surface area (TPSA) is 106 Å². The Morgan fingerprint density at radius 1 is 1.27 bits per heavy atom. The van der Waals surface area contributed by atoms with Crippen molar-refractivity contribution in [1.29, 1.82) is 0 Å². The summed E-state index contributed by atoms with van der Waals surface area (Å²) in [6, 6.07) is 2.85. The number of carbonyl (C=O) groups excluding carboxylic acids is 1. The van der Waals surface area contributed by atoms with E-state index in [1.807, 2.05) is 27.7 Å². The SMILES string of the molecule is CC(C)c1cc(F)cc(C(C)C)c1CC(=O)N=S(N)(=O)c1ncc(C(C)(C)O)s1.S. The highest BCUT2D eigenvalue weighted by Gasteiger charge is 2.24. The summed E-state index contributed by atoms with van der Waals surface area (Å²) in [6.45, 7) is 10.8. The van der Waals surface area contributed by atoms with Gasteiger partial charge in [0.2, 0.25) is 4.34 Å². The summed E-state index contributed by atoms with van der Waals surface area (Å²) >= 11 is 0.956. The fraction of sp³-hybridized carbons (Fsp3) is 0.500. The van der Waals surface area contributed by atoms with Crippen molar-refractivity contribution in [2.75, 3.05) is 0 Å². The number of aliphatic hydroxyl groups is 1. The first kappa shape index (κ1) is 26.7. The predicted molar refractivity (Wildman–Crippen MR) is 124 cm³/mol. The van der Waals surface area contributed by atoms with Gasteiger partial charge in [0.25, 0.3) is 5.91 Å². The summed E-state index contributed by atoms with van der Waals surface area (Å²) in [5.74, 6) is -1.01. The minimum atomic E-state index is -3.55. The van der Waals surface area contributed by atoms with Gasteiger partial charge in [0.05, 0.1) is 16.9 Å². The molecule has 1 atom stereocenters. The van der Waals surface area contributed by atoms with E-state index in [1.54, 1.807) is 13.8 Å². The van der Waals surface area contributed by atoms with Gasteiger partial charge in [0.15, 0.2) is 9.92 Å². The zero-order valence-electron chi connectivity index (χ0n) is 18.0. The fourth-order valence-electron chi connectivity index (χ4n) is 2.96. The highest BCUT2D eigenvalue weighted by molar-refractivity contribution is 7.93. The third-order valence-electron chi connectivity index (χ3n) is 4.43. The minimum Gasteiger partial charge on any atom is -0.385 e. The number of aromatic nitrogens is 1. The molecule has 0 bridgehead atoms. The molecule has 0 saturated heterocycles. The van der Waals surface area contributed by atoms with E-state index in [0.717, 1.165) is 22.5 Å². The van der Waals surface area contributed by atoms with Gasteiger partial charge in [-0.2, -0.15) is 13.5 Å². The summed E-state index contributed by atoms with van der Waals surface area (Å²) in [5.41, 5.74) is 0.970. The van der Waals surface area contributed by atoms with Gasteiger partial charge in [0.1, 0.15) is 5.82 Å². The number of nitrogens with two attached hydrogens (primary N) is 1. The molecule has 0 aliphatic rings. The van der Waals surface area contributed by atoms with Crippen molar-refractivity contribution in [3.63, 3.8) is 0 Å². The molecule has 1 unspecified atom stereocenters. The van der Waals surface area contributed by atoms with Crippen LogP contribution in [0.2, 0.25) is 0 Å². The van der Waals surface area contributed by atoms with E-state index in [1.165, 1.54) is 18.3 Å². The van der Waals surface area contributed by atoms with Gasteiger partial charge in [-0.1, -0.05) is 27.7 Å². The van der Waals surface area contributed by atoms with Crippen molar-refractivity contribution in [3.05, 3.63) is 45.7 Å². The number of halogens is 1. The lowest BCUT2D eigenvalue weighted by atomic mass is 9.87. The second-order valence-electron chi connectivity index (χ2n) is 8.15. The maximum absolute atomic E-state index is 14.1. The number of benzene rings is 1. The number of carbonyl (C=O) groups is 1. The Kier molecular flexibility index (Phi) is 8.78. The maximum Gasteiger partial charge on any atom is 0.259 e. The van der Waals surface area contributed by atoms with Gasteiger partial charge in [-0.25, -0.2) is 18.7 Å². The van der Waals surface area contributed by atoms with E-state index in [0.29, 0.717) is 10.4 Å². The summed E-state index contributed by atoms with van der Waals surface area (Å²) in [5, 5.41) is 15.9. The van der Waals surface area contributed by atoms with Crippen LogP contribution in [0.25, 0.3) is 0 Å². The molecule has 30 heavy (non-hydrogen) atoms. The largest absolute Gasteiger partial charge is 0.385 e. The predicted octanol–water partition coefficient (Wildman–Crippen LogP) is 4.34. The molecule has 1 aromatic carbocycles. The van der Waals surface area contributed by atoms with Crippen molar-refractivity contribution in [3.8, 4) is 0 Å². The Labute approximate surface area is 188 Å². The monoisotopic (exact) mass is 475 g/mol. The van der Waals surface area contributed by atoms with E-state index >= 15 is 0 Å². The number of rotatable bonds is 6. The van der Waals surface area contributed by atoms with Crippen molar-refractivity contribution in [2.45, 2.75) is 69.7 Å². The van der Waals surface area contributed by atoms with Crippen LogP contribution in [0, 0.1) is 5.82 Å². The Morgan fingerprint density at radius 2 is 1.77 bits per heavy atom. The summed E-state index contributed by atoms with van der Waals surface area (Å²) < 4.78 is 30.6. The quantitative estimate of drug-likeness (QED) is 0.648. The summed E-state index contributed by atoms with van der Waals surface area (Å²) in [6.07, 6.45) is 1.25. The lowest BCUT2D eigenvalue weighted by molar-refractivity contribution is -0.117. The van der Waals surface area contributed by atoms with Gasteiger partial charge in [-0.05, 0) is 54.5 Å². The molecule has 0 aliphatic heterocycles. The van der Waals surface area contributed by atoms with Crippen LogP contribution in [0.4, 0.5) is 4.39 Å². The van der Waals surface area contributed by atoms with Gasteiger partial charge in [-0.15, -0.1) is 15.7 Å².